The maximum absolute atomic E-state index is 14.4. The third-order valence-corrected chi connectivity index (χ3v) is 13.9. The first-order valence-electron chi connectivity index (χ1n) is 32.9. The Labute approximate surface area is 530 Å². The van der Waals surface area contributed by atoms with Gasteiger partial charge in [-0.05, 0) is 127 Å². The van der Waals surface area contributed by atoms with E-state index >= 15 is 0 Å². The zero-order valence-electron chi connectivity index (χ0n) is 56.4. The minimum Gasteiger partial charge on any atom is -0.493 e. The fourth-order valence-electron chi connectivity index (χ4n) is 8.75. The number of amides is 1. The number of carbonyl (C=O) groups is 3. The van der Waals surface area contributed by atoms with Crippen molar-refractivity contribution in [3.63, 3.8) is 0 Å². The number of hydrogen-bond acceptors (Lipinski definition) is 19. The third-order valence-electron chi connectivity index (χ3n) is 13.9. The Morgan fingerprint density at radius 1 is 0.409 bits per heavy atom. The molecule has 0 bridgehead atoms. The molecule has 2 atom stereocenters. The van der Waals surface area contributed by atoms with Gasteiger partial charge in [-0.1, -0.05) is 93.4 Å². The first kappa shape index (κ1) is 79.6. The molecule has 0 saturated carbocycles. The van der Waals surface area contributed by atoms with Gasteiger partial charge in [0.1, 0.15) is 44.5 Å². The Kier molecular flexibility index (Phi) is 48.1. The molecule has 2 aromatic rings. The zero-order valence-corrected chi connectivity index (χ0v) is 56.4. The highest BCUT2D eigenvalue weighted by atomic mass is 16.6. The number of nitrogens with one attached hydrogen (secondary N) is 1. The van der Waals surface area contributed by atoms with Crippen LogP contribution in [0, 0.1) is 23.7 Å². The summed E-state index contributed by atoms with van der Waals surface area (Å²) in [5.74, 6) is 3.77. The van der Waals surface area contributed by atoms with Crippen LogP contribution in [0.25, 0.3) is 0 Å². The molecule has 2 unspecified atom stereocenters. The van der Waals surface area contributed by atoms with Crippen molar-refractivity contribution in [3.8, 4) is 28.7 Å². The SMILES string of the molecule is CCCCOCCOCCOCCOc1c(OCCOCCOCCOC(=O)CCCN(C)C)cc(C(=O)NCc2cc(OCCC(C)CCCC(C)C)cc(OCCC(C)CCCC(C)C)c2)cc1OCCOCCOCCOC(=O)CCCN(C)C. The van der Waals surface area contributed by atoms with Crippen molar-refractivity contribution in [3.05, 3.63) is 41.5 Å². The minimum absolute atomic E-state index is 0.100. The van der Waals surface area contributed by atoms with E-state index in [1.54, 1.807) is 12.1 Å². The quantitative estimate of drug-likeness (QED) is 0.0484. The minimum atomic E-state index is -0.375. The van der Waals surface area contributed by atoms with E-state index in [9.17, 15) is 14.4 Å². The van der Waals surface area contributed by atoms with Gasteiger partial charge in [0.05, 0.1) is 99.1 Å². The number of benzene rings is 2. The molecule has 20 heteroatoms. The Morgan fingerprint density at radius 3 is 1.19 bits per heavy atom. The van der Waals surface area contributed by atoms with Crippen molar-refractivity contribution in [1.29, 1.82) is 0 Å². The van der Waals surface area contributed by atoms with Crippen molar-refractivity contribution in [2.75, 3.05) is 180 Å². The van der Waals surface area contributed by atoms with E-state index in [0.29, 0.717) is 87.7 Å². The summed E-state index contributed by atoms with van der Waals surface area (Å²) in [4.78, 5) is 42.5. The second-order valence-corrected chi connectivity index (χ2v) is 23.9. The van der Waals surface area contributed by atoms with E-state index in [4.69, 9.17) is 66.3 Å². The smallest absolute Gasteiger partial charge is 0.305 e. The molecule has 0 aliphatic rings. The number of ether oxygens (including phenoxy) is 14. The Morgan fingerprint density at radius 2 is 0.795 bits per heavy atom. The predicted molar refractivity (Wildman–Crippen MR) is 345 cm³/mol. The highest BCUT2D eigenvalue weighted by Crippen LogP contribution is 2.39. The van der Waals surface area contributed by atoms with E-state index in [2.05, 4.69) is 53.8 Å². The molecular formula is C68H119N3O17. The van der Waals surface area contributed by atoms with Gasteiger partial charge in [-0.2, -0.15) is 0 Å². The normalized spacial score (nSPS) is 12.3. The van der Waals surface area contributed by atoms with Crippen LogP contribution in [0.5, 0.6) is 28.7 Å². The number of rotatable bonds is 60. The molecule has 2 rings (SSSR count). The van der Waals surface area contributed by atoms with Crippen LogP contribution < -0.4 is 29.0 Å². The van der Waals surface area contributed by atoms with Crippen LogP contribution in [0.3, 0.4) is 0 Å². The summed E-state index contributed by atoms with van der Waals surface area (Å²) < 4.78 is 82.5. The van der Waals surface area contributed by atoms with Gasteiger partial charge in [-0.15, -0.1) is 0 Å². The number of carbonyl (C=O) groups excluding carboxylic acids is 3. The first-order valence-corrected chi connectivity index (χ1v) is 32.9. The topological polar surface area (TPSA) is 199 Å². The standard InChI is InChI=1S/C68H119N3O17/c1-12-13-28-75-31-32-76-33-34-81-43-48-88-67-63(84-44-39-77-35-37-79-41-46-86-65(72)22-16-26-70(8)9)51-60(52-64(67)85-45-40-78-36-38-80-42-47-87-66(73)23-17-27-71(10)11)68(74)69-54-59-49-61(82-29-24-57(6)20-14-18-55(2)3)53-62(50-59)83-30-25-58(7)21-15-19-56(4)5/h49-53,55-58H,12-48,54H2,1-11H3,(H,69,74). The summed E-state index contributed by atoms with van der Waals surface area (Å²) in [6.45, 7) is 24.1. The fourth-order valence-corrected chi connectivity index (χ4v) is 8.75. The van der Waals surface area contributed by atoms with Gasteiger partial charge in [0.25, 0.3) is 5.91 Å². The average molecular weight is 1250 g/mol. The van der Waals surface area contributed by atoms with Crippen molar-refractivity contribution in [1.82, 2.24) is 15.1 Å². The van der Waals surface area contributed by atoms with Crippen molar-refractivity contribution >= 4 is 17.8 Å². The van der Waals surface area contributed by atoms with Gasteiger partial charge in [0.2, 0.25) is 5.75 Å². The lowest BCUT2D eigenvalue weighted by Crippen LogP contribution is -2.23. The van der Waals surface area contributed by atoms with Gasteiger partial charge in [0.15, 0.2) is 11.5 Å². The molecule has 1 amide bonds. The van der Waals surface area contributed by atoms with Gasteiger partial charge in [-0.3, -0.25) is 14.4 Å². The lowest BCUT2D eigenvalue weighted by atomic mass is 9.98. The lowest BCUT2D eigenvalue weighted by molar-refractivity contribution is -0.146. The molecule has 88 heavy (non-hydrogen) atoms. The highest BCUT2D eigenvalue weighted by Gasteiger charge is 2.21. The van der Waals surface area contributed by atoms with Crippen LogP contribution in [0.2, 0.25) is 0 Å². The van der Waals surface area contributed by atoms with E-state index in [1.165, 1.54) is 25.7 Å². The summed E-state index contributed by atoms with van der Waals surface area (Å²) in [6, 6.07) is 9.14. The Balaban J connectivity index is 2.30. The van der Waals surface area contributed by atoms with Crippen molar-refractivity contribution in [2.24, 2.45) is 23.7 Å². The summed E-state index contributed by atoms with van der Waals surface area (Å²) in [5.41, 5.74) is 1.09. The van der Waals surface area contributed by atoms with Crippen LogP contribution in [-0.2, 0) is 58.8 Å². The van der Waals surface area contributed by atoms with Crippen LogP contribution in [-0.4, -0.2) is 208 Å². The molecule has 0 fully saturated rings. The first-order chi connectivity index (χ1) is 42.6. The molecule has 0 aliphatic carbocycles. The molecule has 1 N–H and O–H groups in total. The number of unbranched alkanes of at least 4 members (excludes halogenated alkanes) is 1. The maximum atomic E-state index is 14.4. The van der Waals surface area contributed by atoms with Crippen molar-refractivity contribution in [2.45, 2.75) is 145 Å². The summed E-state index contributed by atoms with van der Waals surface area (Å²) in [6.07, 6.45) is 13.3. The van der Waals surface area contributed by atoms with Crippen molar-refractivity contribution < 1.29 is 80.7 Å². The Hall–Kier alpha value is -4.51. The van der Waals surface area contributed by atoms with E-state index < -0.39 is 0 Å². The molecule has 0 saturated heterocycles. The molecule has 2 aromatic carbocycles. The highest BCUT2D eigenvalue weighted by molar-refractivity contribution is 5.95. The number of nitrogens with zero attached hydrogens (tertiary/aromatic N) is 2. The lowest BCUT2D eigenvalue weighted by Gasteiger charge is -2.19. The molecule has 0 heterocycles. The summed E-state index contributed by atoms with van der Waals surface area (Å²) in [7, 11) is 7.86. The summed E-state index contributed by atoms with van der Waals surface area (Å²) in [5, 5.41) is 3.12. The van der Waals surface area contributed by atoms with Gasteiger partial charge >= 0.3 is 11.9 Å². The molecular weight excluding hydrogens is 1130 g/mol. The number of esters is 2. The van der Waals surface area contributed by atoms with E-state index in [1.807, 2.05) is 56.2 Å². The molecule has 0 aliphatic heterocycles. The van der Waals surface area contributed by atoms with Crippen LogP contribution in [0.1, 0.15) is 154 Å². The molecule has 508 valence electrons. The second-order valence-electron chi connectivity index (χ2n) is 23.9. The monoisotopic (exact) mass is 1250 g/mol. The van der Waals surface area contributed by atoms with Gasteiger partial charge < -0.3 is 81.4 Å². The van der Waals surface area contributed by atoms with Crippen LogP contribution in [0.15, 0.2) is 30.3 Å². The third kappa shape index (κ3) is 44.9. The molecule has 0 radical (unpaired) electrons. The molecule has 0 spiro atoms. The second kappa shape index (κ2) is 53.2. The largest absolute Gasteiger partial charge is 0.493 e. The maximum Gasteiger partial charge on any atom is 0.305 e. The molecule has 0 aromatic heterocycles. The van der Waals surface area contributed by atoms with E-state index in [0.717, 1.165) is 76.6 Å². The average Bonchev–Trinajstić information content (AvgIpc) is 3.47. The molecule has 20 nitrogen and oxygen atoms in total. The van der Waals surface area contributed by atoms with Gasteiger partial charge in [-0.25, -0.2) is 0 Å². The zero-order chi connectivity index (χ0) is 64.2. The predicted octanol–water partition coefficient (Wildman–Crippen LogP) is 10.9. The van der Waals surface area contributed by atoms with Crippen LogP contribution >= 0.6 is 0 Å². The number of hydrogen-bond donors (Lipinski definition) is 1. The van der Waals surface area contributed by atoms with E-state index in [-0.39, 0.29) is 140 Å². The summed E-state index contributed by atoms with van der Waals surface area (Å²) >= 11 is 0. The van der Waals surface area contributed by atoms with Gasteiger partial charge in [0, 0.05) is 37.6 Å². The Bertz CT molecular complexity index is 1930. The fraction of sp³-hybridized carbons (Fsp3) is 0.779. The van der Waals surface area contributed by atoms with Crippen LogP contribution in [0.4, 0.5) is 0 Å².